The zero-order chi connectivity index (χ0) is 23.2. The minimum atomic E-state index is -0.270. The zero-order valence-electron chi connectivity index (χ0n) is 19.2. The molecule has 0 bridgehead atoms. The number of nitrogens with zero attached hydrogens (tertiary/aromatic N) is 4. The third-order valence-electron chi connectivity index (χ3n) is 5.62. The fourth-order valence-electron chi connectivity index (χ4n) is 3.86. The molecular weight excluding hydrogens is 419 g/mol. The first-order chi connectivity index (χ1) is 16.0. The number of hydrogen-bond donors (Lipinski definition) is 0. The molecule has 1 saturated heterocycles. The molecule has 0 spiro atoms. The smallest absolute Gasteiger partial charge is 0.225 e. The predicted molar refractivity (Wildman–Crippen MR) is 129 cm³/mol. The summed E-state index contributed by atoms with van der Waals surface area (Å²) >= 11 is 0. The quantitative estimate of drug-likeness (QED) is 0.533. The SMILES string of the molecule is COc1ccccc1/C=C/CN1CCOC(c2nc(N(C)C)ncc2-c2ccc(F)cc2)C1. The van der Waals surface area contributed by atoms with Crippen LogP contribution < -0.4 is 9.64 Å². The van der Waals surface area contributed by atoms with Gasteiger partial charge in [0, 0.05) is 51.1 Å². The lowest BCUT2D eigenvalue weighted by atomic mass is 10.0. The second kappa shape index (κ2) is 10.6. The lowest BCUT2D eigenvalue weighted by Gasteiger charge is -2.33. The number of benzene rings is 2. The lowest BCUT2D eigenvalue weighted by Crippen LogP contribution is -2.39. The second-order valence-corrected chi connectivity index (χ2v) is 8.13. The Bertz CT molecular complexity index is 1100. The molecule has 7 heteroatoms. The van der Waals surface area contributed by atoms with E-state index >= 15 is 0 Å². The van der Waals surface area contributed by atoms with Crippen LogP contribution in [0.15, 0.2) is 60.8 Å². The molecule has 4 rings (SSSR count). The minimum Gasteiger partial charge on any atom is -0.496 e. The van der Waals surface area contributed by atoms with E-state index in [-0.39, 0.29) is 11.9 Å². The first kappa shape index (κ1) is 22.9. The number of rotatable bonds is 7. The number of hydrogen-bond acceptors (Lipinski definition) is 6. The van der Waals surface area contributed by atoms with Gasteiger partial charge in [-0.15, -0.1) is 0 Å². The van der Waals surface area contributed by atoms with Crippen molar-refractivity contribution in [2.24, 2.45) is 0 Å². The van der Waals surface area contributed by atoms with Crippen LogP contribution in [0.25, 0.3) is 17.2 Å². The summed E-state index contributed by atoms with van der Waals surface area (Å²) in [6, 6.07) is 14.4. The van der Waals surface area contributed by atoms with Crippen LogP contribution >= 0.6 is 0 Å². The summed E-state index contributed by atoms with van der Waals surface area (Å²) in [5, 5.41) is 0. The Hall–Kier alpha value is -3.29. The van der Waals surface area contributed by atoms with Gasteiger partial charge in [-0.1, -0.05) is 42.5 Å². The Kier molecular flexibility index (Phi) is 7.32. The highest BCUT2D eigenvalue weighted by atomic mass is 19.1. The molecule has 3 aromatic rings. The highest BCUT2D eigenvalue weighted by molar-refractivity contribution is 5.66. The Balaban J connectivity index is 1.55. The summed E-state index contributed by atoms with van der Waals surface area (Å²) in [6.07, 6.45) is 5.82. The highest BCUT2D eigenvalue weighted by Gasteiger charge is 2.26. The van der Waals surface area contributed by atoms with Gasteiger partial charge >= 0.3 is 0 Å². The maximum atomic E-state index is 13.5. The molecule has 1 aliphatic heterocycles. The first-order valence-corrected chi connectivity index (χ1v) is 11.0. The predicted octanol–water partition coefficient (Wildman–Crippen LogP) is 4.44. The number of halogens is 1. The van der Waals surface area contributed by atoms with Crippen molar-refractivity contribution < 1.29 is 13.9 Å². The van der Waals surface area contributed by atoms with Crippen LogP contribution in [0, 0.1) is 5.82 Å². The van der Waals surface area contributed by atoms with Crippen molar-refractivity contribution in [2.75, 3.05) is 52.3 Å². The number of morpholine rings is 1. The third-order valence-corrected chi connectivity index (χ3v) is 5.62. The highest BCUT2D eigenvalue weighted by Crippen LogP contribution is 2.31. The van der Waals surface area contributed by atoms with E-state index in [0.29, 0.717) is 19.1 Å². The fourth-order valence-corrected chi connectivity index (χ4v) is 3.86. The summed E-state index contributed by atoms with van der Waals surface area (Å²) in [7, 11) is 5.50. The largest absolute Gasteiger partial charge is 0.496 e. The van der Waals surface area contributed by atoms with Gasteiger partial charge < -0.3 is 14.4 Å². The maximum Gasteiger partial charge on any atom is 0.225 e. The lowest BCUT2D eigenvalue weighted by molar-refractivity contribution is -0.0278. The second-order valence-electron chi connectivity index (χ2n) is 8.13. The van der Waals surface area contributed by atoms with Crippen LogP contribution in [-0.2, 0) is 4.74 Å². The number of aromatic nitrogens is 2. The van der Waals surface area contributed by atoms with E-state index in [1.165, 1.54) is 12.1 Å². The standard InChI is InChI=1S/C26H29FN4O2/c1-30(2)26-28-17-22(19-10-12-21(27)13-11-19)25(29-26)24-18-31(15-16-33-24)14-6-8-20-7-4-5-9-23(20)32-3/h4-13,17,24H,14-16,18H2,1-3H3/b8-6+. The number of para-hydroxylation sites is 1. The molecule has 0 saturated carbocycles. The van der Waals surface area contributed by atoms with E-state index in [1.54, 1.807) is 25.4 Å². The van der Waals surface area contributed by atoms with Crippen molar-refractivity contribution in [3.63, 3.8) is 0 Å². The summed E-state index contributed by atoms with van der Waals surface area (Å²) in [4.78, 5) is 13.5. The van der Waals surface area contributed by atoms with Gasteiger partial charge in [0.25, 0.3) is 0 Å². The van der Waals surface area contributed by atoms with E-state index in [9.17, 15) is 4.39 Å². The third kappa shape index (κ3) is 5.56. The van der Waals surface area contributed by atoms with Gasteiger partial charge in [-0.2, -0.15) is 0 Å². The molecule has 1 atom stereocenters. The van der Waals surface area contributed by atoms with Crippen LogP contribution in [0.3, 0.4) is 0 Å². The van der Waals surface area contributed by atoms with E-state index in [4.69, 9.17) is 14.5 Å². The molecule has 0 N–H and O–H groups in total. The number of ether oxygens (including phenoxy) is 2. The van der Waals surface area contributed by atoms with Gasteiger partial charge in [-0.3, -0.25) is 4.90 Å². The van der Waals surface area contributed by atoms with Crippen LogP contribution in [0.2, 0.25) is 0 Å². The van der Waals surface area contributed by atoms with E-state index in [2.05, 4.69) is 22.0 Å². The Labute approximate surface area is 194 Å². The summed E-state index contributed by atoms with van der Waals surface area (Å²) in [5.74, 6) is 1.20. The maximum absolute atomic E-state index is 13.5. The topological polar surface area (TPSA) is 50.7 Å². The zero-order valence-corrected chi connectivity index (χ0v) is 19.2. The van der Waals surface area contributed by atoms with Gasteiger partial charge in [0.15, 0.2) is 0 Å². The average molecular weight is 449 g/mol. The van der Waals surface area contributed by atoms with Crippen LogP contribution in [0.4, 0.5) is 10.3 Å². The summed E-state index contributed by atoms with van der Waals surface area (Å²) < 4.78 is 25.1. The molecule has 0 aliphatic carbocycles. The van der Waals surface area contributed by atoms with Crippen molar-refractivity contribution in [3.05, 3.63) is 77.9 Å². The van der Waals surface area contributed by atoms with Gasteiger partial charge in [0.05, 0.1) is 19.4 Å². The molecule has 0 radical (unpaired) electrons. The molecule has 2 aromatic carbocycles. The van der Waals surface area contributed by atoms with Crippen molar-refractivity contribution in [3.8, 4) is 16.9 Å². The molecular formula is C26H29FN4O2. The van der Waals surface area contributed by atoms with Crippen molar-refractivity contribution in [1.82, 2.24) is 14.9 Å². The monoisotopic (exact) mass is 448 g/mol. The van der Waals surface area contributed by atoms with E-state index in [1.807, 2.05) is 43.3 Å². The van der Waals surface area contributed by atoms with Gasteiger partial charge in [0.1, 0.15) is 17.7 Å². The summed E-state index contributed by atoms with van der Waals surface area (Å²) in [6.45, 7) is 2.94. The Morgan fingerprint density at radius 2 is 1.97 bits per heavy atom. The first-order valence-electron chi connectivity index (χ1n) is 11.0. The van der Waals surface area contributed by atoms with Crippen LogP contribution in [0.1, 0.15) is 17.4 Å². The van der Waals surface area contributed by atoms with Crippen molar-refractivity contribution >= 4 is 12.0 Å². The molecule has 6 nitrogen and oxygen atoms in total. The molecule has 1 aliphatic rings. The van der Waals surface area contributed by atoms with Crippen LogP contribution in [-0.4, -0.2) is 62.3 Å². The van der Waals surface area contributed by atoms with Gasteiger partial charge in [0.2, 0.25) is 5.95 Å². The number of methoxy groups -OCH3 is 1. The fraction of sp³-hybridized carbons (Fsp3) is 0.308. The molecule has 0 amide bonds. The minimum absolute atomic E-state index is 0.208. The Morgan fingerprint density at radius 3 is 2.73 bits per heavy atom. The normalized spacial score (nSPS) is 16.8. The van der Waals surface area contributed by atoms with Crippen molar-refractivity contribution in [1.29, 1.82) is 0 Å². The molecule has 1 fully saturated rings. The molecule has 2 heterocycles. The van der Waals surface area contributed by atoms with Gasteiger partial charge in [-0.25, -0.2) is 14.4 Å². The molecule has 172 valence electrons. The van der Waals surface area contributed by atoms with E-state index < -0.39 is 0 Å². The molecule has 1 unspecified atom stereocenters. The molecule has 33 heavy (non-hydrogen) atoms. The Morgan fingerprint density at radius 1 is 1.18 bits per heavy atom. The van der Waals surface area contributed by atoms with E-state index in [0.717, 1.165) is 41.2 Å². The number of anilines is 1. The average Bonchev–Trinajstić information content (AvgIpc) is 2.84. The molecule has 1 aromatic heterocycles. The van der Waals surface area contributed by atoms with Gasteiger partial charge in [-0.05, 0) is 23.8 Å². The van der Waals surface area contributed by atoms with Crippen molar-refractivity contribution in [2.45, 2.75) is 6.10 Å². The summed E-state index contributed by atoms with van der Waals surface area (Å²) in [5.41, 5.74) is 3.60. The van der Waals surface area contributed by atoms with Crippen LogP contribution in [0.5, 0.6) is 5.75 Å².